The van der Waals surface area contributed by atoms with Gasteiger partial charge in [-0.05, 0) is 25.8 Å². The second-order valence-electron chi connectivity index (χ2n) is 5.45. The van der Waals surface area contributed by atoms with Crippen LogP contribution in [-0.4, -0.2) is 51.8 Å². The van der Waals surface area contributed by atoms with E-state index in [0.29, 0.717) is 5.02 Å². The van der Waals surface area contributed by atoms with Crippen molar-refractivity contribution >= 4 is 11.6 Å². The van der Waals surface area contributed by atoms with Gasteiger partial charge in [0.05, 0.1) is 19.2 Å². The summed E-state index contributed by atoms with van der Waals surface area (Å²) in [6.07, 6.45) is 0.948. The maximum Gasteiger partial charge on any atom is 0.141 e. The molecule has 1 aliphatic heterocycles. The summed E-state index contributed by atoms with van der Waals surface area (Å²) in [5.74, 6) is 1.67. The Labute approximate surface area is 132 Å². The molecule has 1 saturated heterocycles. The quantitative estimate of drug-likeness (QED) is 0.905. The van der Waals surface area contributed by atoms with Gasteiger partial charge in [-0.15, -0.1) is 0 Å². The van der Waals surface area contributed by atoms with E-state index < -0.39 is 0 Å². The highest BCUT2D eigenvalue weighted by atomic mass is 35.5. The lowest BCUT2D eigenvalue weighted by molar-refractivity contribution is 0.242. The summed E-state index contributed by atoms with van der Waals surface area (Å²) >= 11 is 6.38. The van der Waals surface area contributed by atoms with Gasteiger partial charge in [-0.3, -0.25) is 0 Å². The standard InChI is InChI=1S/C16H25ClN2O2/c1-11-13(5-8-19-9-6-18-7-10-19)15(20-3)12(2)14(17)16(11)21-4/h18H,5-10H2,1-4H3. The molecule has 0 radical (unpaired) electrons. The van der Waals surface area contributed by atoms with Gasteiger partial charge in [-0.1, -0.05) is 11.6 Å². The molecule has 1 aliphatic rings. The van der Waals surface area contributed by atoms with Crippen LogP contribution >= 0.6 is 11.6 Å². The number of nitrogens with zero attached hydrogens (tertiary/aromatic N) is 1. The molecule has 0 amide bonds. The Morgan fingerprint density at radius 1 is 1.05 bits per heavy atom. The van der Waals surface area contributed by atoms with Crippen molar-refractivity contribution in [1.82, 2.24) is 10.2 Å². The molecule has 1 fully saturated rings. The number of benzene rings is 1. The fourth-order valence-corrected chi connectivity index (χ4v) is 3.30. The molecule has 0 unspecified atom stereocenters. The predicted molar refractivity (Wildman–Crippen MR) is 87.0 cm³/mol. The summed E-state index contributed by atoms with van der Waals surface area (Å²) in [5, 5.41) is 4.03. The van der Waals surface area contributed by atoms with Gasteiger partial charge in [0.15, 0.2) is 0 Å². The van der Waals surface area contributed by atoms with E-state index >= 15 is 0 Å². The highest BCUT2D eigenvalue weighted by Gasteiger charge is 2.20. The van der Waals surface area contributed by atoms with Crippen LogP contribution in [0.15, 0.2) is 0 Å². The highest BCUT2D eigenvalue weighted by molar-refractivity contribution is 6.33. The van der Waals surface area contributed by atoms with Gasteiger partial charge < -0.3 is 19.7 Å². The van der Waals surface area contributed by atoms with Gasteiger partial charge in [-0.25, -0.2) is 0 Å². The third-order valence-corrected chi connectivity index (χ3v) is 4.69. The van der Waals surface area contributed by atoms with Crippen LogP contribution in [0.4, 0.5) is 0 Å². The van der Waals surface area contributed by atoms with E-state index in [2.05, 4.69) is 17.1 Å². The Bertz CT molecular complexity index is 500. The molecular weight excluding hydrogens is 288 g/mol. The summed E-state index contributed by atoms with van der Waals surface area (Å²) in [4.78, 5) is 2.48. The Morgan fingerprint density at radius 3 is 2.24 bits per heavy atom. The molecule has 4 nitrogen and oxygen atoms in total. The number of nitrogens with one attached hydrogen (secondary N) is 1. The summed E-state index contributed by atoms with van der Waals surface area (Å²) < 4.78 is 11.1. The van der Waals surface area contributed by atoms with Crippen LogP contribution in [0.5, 0.6) is 11.5 Å². The van der Waals surface area contributed by atoms with E-state index in [1.165, 1.54) is 5.56 Å². The van der Waals surface area contributed by atoms with Crippen molar-refractivity contribution in [2.24, 2.45) is 0 Å². The smallest absolute Gasteiger partial charge is 0.141 e. The Kier molecular flexibility index (Phi) is 5.73. The molecule has 0 atom stereocenters. The summed E-state index contributed by atoms with van der Waals surface area (Å²) in [7, 11) is 3.37. The van der Waals surface area contributed by atoms with Crippen molar-refractivity contribution in [3.05, 3.63) is 21.7 Å². The number of methoxy groups -OCH3 is 2. The molecule has 5 heteroatoms. The van der Waals surface area contributed by atoms with Gasteiger partial charge in [0.25, 0.3) is 0 Å². The molecule has 2 rings (SSSR count). The molecule has 21 heavy (non-hydrogen) atoms. The van der Waals surface area contributed by atoms with Crippen molar-refractivity contribution < 1.29 is 9.47 Å². The second kappa shape index (κ2) is 7.34. The zero-order valence-electron chi connectivity index (χ0n) is 13.4. The van der Waals surface area contributed by atoms with Crippen LogP contribution in [0.3, 0.4) is 0 Å². The lowest BCUT2D eigenvalue weighted by Gasteiger charge is -2.28. The molecule has 0 saturated carbocycles. The van der Waals surface area contributed by atoms with Gasteiger partial charge in [0, 0.05) is 43.9 Å². The summed E-state index contributed by atoms with van der Waals surface area (Å²) in [6.45, 7) is 9.41. The van der Waals surface area contributed by atoms with Crippen molar-refractivity contribution in [2.45, 2.75) is 20.3 Å². The number of hydrogen-bond acceptors (Lipinski definition) is 4. The van der Waals surface area contributed by atoms with E-state index in [0.717, 1.165) is 61.8 Å². The molecule has 1 N–H and O–H groups in total. The molecule has 1 heterocycles. The maximum atomic E-state index is 6.38. The Balaban J connectivity index is 2.26. The fraction of sp³-hybridized carbons (Fsp3) is 0.625. The van der Waals surface area contributed by atoms with E-state index in [4.69, 9.17) is 21.1 Å². The Morgan fingerprint density at radius 2 is 1.67 bits per heavy atom. The first-order chi connectivity index (χ1) is 10.1. The molecule has 0 bridgehead atoms. The van der Waals surface area contributed by atoms with E-state index in [9.17, 15) is 0 Å². The average Bonchev–Trinajstić information content (AvgIpc) is 2.51. The summed E-state index contributed by atoms with van der Waals surface area (Å²) in [5.41, 5.74) is 3.24. The minimum atomic E-state index is 0.651. The van der Waals surface area contributed by atoms with Gasteiger partial charge in [0.1, 0.15) is 11.5 Å². The van der Waals surface area contributed by atoms with Crippen LogP contribution in [-0.2, 0) is 6.42 Å². The lowest BCUT2D eigenvalue weighted by Crippen LogP contribution is -2.44. The van der Waals surface area contributed by atoms with Crippen LogP contribution in [0.2, 0.25) is 5.02 Å². The van der Waals surface area contributed by atoms with Crippen LogP contribution in [0.25, 0.3) is 0 Å². The second-order valence-corrected chi connectivity index (χ2v) is 5.83. The maximum absolute atomic E-state index is 6.38. The average molecular weight is 313 g/mol. The third kappa shape index (κ3) is 3.44. The molecule has 118 valence electrons. The minimum Gasteiger partial charge on any atom is -0.496 e. The number of ether oxygens (including phenoxy) is 2. The van der Waals surface area contributed by atoms with Gasteiger partial charge in [0.2, 0.25) is 0 Å². The number of rotatable bonds is 5. The first kappa shape index (κ1) is 16.4. The zero-order valence-corrected chi connectivity index (χ0v) is 14.1. The molecule has 0 spiro atoms. The van der Waals surface area contributed by atoms with Crippen LogP contribution in [0.1, 0.15) is 16.7 Å². The lowest BCUT2D eigenvalue weighted by atomic mass is 9.99. The molecular formula is C16H25ClN2O2. The first-order valence-corrected chi connectivity index (χ1v) is 7.80. The highest BCUT2D eigenvalue weighted by Crippen LogP contribution is 2.41. The normalized spacial score (nSPS) is 16.0. The predicted octanol–water partition coefficient (Wildman–Crippen LogP) is 2.42. The third-order valence-electron chi connectivity index (χ3n) is 4.23. The fourth-order valence-electron chi connectivity index (χ4n) is 2.99. The van der Waals surface area contributed by atoms with E-state index in [1.54, 1.807) is 14.2 Å². The molecule has 1 aromatic rings. The molecule has 0 aromatic heterocycles. The van der Waals surface area contributed by atoms with E-state index in [1.807, 2.05) is 6.92 Å². The van der Waals surface area contributed by atoms with Gasteiger partial charge in [-0.2, -0.15) is 0 Å². The summed E-state index contributed by atoms with van der Waals surface area (Å²) in [6, 6.07) is 0. The molecule has 0 aliphatic carbocycles. The first-order valence-electron chi connectivity index (χ1n) is 7.42. The van der Waals surface area contributed by atoms with Crippen molar-refractivity contribution in [3.63, 3.8) is 0 Å². The zero-order chi connectivity index (χ0) is 15.4. The Hall–Kier alpha value is -0.970. The number of hydrogen-bond donors (Lipinski definition) is 1. The van der Waals surface area contributed by atoms with Gasteiger partial charge >= 0.3 is 0 Å². The minimum absolute atomic E-state index is 0.651. The van der Waals surface area contributed by atoms with Crippen molar-refractivity contribution in [2.75, 3.05) is 46.9 Å². The molecule has 1 aromatic carbocycles. The monoisotopic (exact) mass is 312 g/mol. The number of halogens is 1. The van der Waals surface area contributed by atoms with E-state index in [-0.39, 0.29) is 0 Å². The largest absolute Gasteiger partial charge is 0.496 e. The van der Waals surface area contributed by atoms with Crippen molar-refractivity contribution in [3.8, 4) is 11.5 Å². The SMILES string of the molecule is COc1c(C)c(CCN2CCNCC2)c(OC)c(C)c1Cl. The number of piperazine rings is 1. The topological polar surface area (TPSA) is 33.7 Å². The van der Waals surface area contributed by atoms with Crippen molar-refractivity contribution in [1.29, 1.82) is 0 Å². The van der Waals surface area contributed by atoms with Crippen LogP contribution < -0.4 is 14.8 Å². The van der Waals surface area contributed by atoms with Crippen LogP contribution in [0, 0.1) is 13.8 Å².